The van der Waals surface area contributed by atoms with E-state index < -0.39 is 6.04 Å². The fraction of sp³-hybridized carbons (Fsp3) is 0.867. The molecule has 0 aliphatic carbocycles. The van der Waals surface area contributed by atoms with Gasteiger partial charge in [-0.1, -0.05) is 0 Å². The van der Waals surface area contributed by atoms with Crippen LogP contribution >= 0.6 is 11.8 Å². The molecule has 0 aromatic heterocycles. The molecule has 3 heterocycles. The number of aliphatic hydroxyl groups excluding tert-OH is 1. The molecule has 3 aliphatic heterocycles. The highest BCUT2D eigenvalue weighted by Gasteiger charge is 2.45. The molecule has 136 valence electrons. The SMILES string of the molecule is N[C@@H](CO)C(=O)N1CCC2(CC1)N[C@H](C(=O)N1CCNCC1)CS2. The van der Waals surface area contributed by atoms with E-state index in [1.165, 1.54) is 0 Å². The minimum atomic E-state index is -0.828. The Bertz CT molecular complexity index is 478. The summed E-state index contributed by atoms with van der Waals surface area (Å²) in [5, 5.41) is 15.8. The van der Waals surface area contributed by atoms with E-state index in [0.29, 0.717) is 13.1 Å². The Hall–Kier alpha value is -0.870. The van der Waals surface area contributed by atoms with Gasteiger partial charge in [0.1, 0.15) is 6.04 Å². The molecular formula is C15H27N5O3S. The lowest BCUT2D eigenvalue weighted by Crippen LogP contribution is -2.58. The van der Waals surface area contributed by atoms with E-state index in [4.69, 9.17) is 10.8 Å². The molecular weight excluding hydrogens is 330 g/mol. The number of amides is 2. The first kappa shape index (κ1) is 17.9. The van der Waals surface area contributed by atoms with Crippen molar-refractivity contribution in [3.8, 4) is 0 Å². The second-order valence-corrected chi connectivity index (χ2v) is 8.10. The summed E-state index contributed by atoms with van der Waals surface area (Å²) in [5.41, 5.74) is 5.62. The molecule has 0 radical (unpaired) electrons. The van der Waals surface area contributed by atoms with Crippen LogP contribution in [0.5, 0.6) is 0 Å². The Kier molecular flexibility index (Phi) is 5.66. The number of nitrogens with one attached hydrogen (secondary N) is 2. The highest BCUT2D eigenvalue weighted by molar-refractivity contribution is 8.01. The van der Waals surface area contributed by atoms with Gasteiger partial charge in [0, 0.05) is 45.0 Å². The van der Waals surface area contributed by atoms with Gasteiger partial charge in [-0.05, 0) is 12.8 Å². The lowest BCUT2D eigenvalue weighted by Gasteiger charge is -2.40. The van der Waals surface area contributed by atoms with Crippen molar-refractivity contribution >= 4 is 23.6 Å². The van der Waals surface area contributed by atoms with Crippen molar-refractivity contribution in [2.75, 3.05) is 51.6 Å². The monoisotopic (exact) mass is 357 g/mol. The molecule has 2 amide bonds. The second kappa shape index (κ2) is 7.57. The standard InChI is InChI=1S/C15H27N5O3S/c16-11(9-21)13(22)19-5-1-15(2-6-19)18-12(10-24-15)14(23)20-7-3-17-4-8-20/h11-12,17-18,21H,1-10,16H2/t11-,12-/m0/s1. The fourth-order valence-electron chi connectivity index (χ4n) is 3.57. The van der Waals surface area contributed by atoms with E-state index in [9.17, 15) is 9.59 Å². The predicted octanol–water partition coefficient (Wildman–Crippen LogP) is -2.24. The molecule has 1 spiro atoms. The number of nitrogens with zero attached hydrogens (tertiary/aromatic N) is 2. The third kappa shape index (κ3) is 3.70. The second-order valence-electron chi connectivity index (χ2n) is 6.69. The van der Waals surface area contributed by atoms with Crippen LogP contribution < -0.4 is 16.4 Å². The maximum absolute atomic E-state index is 12.6. The zero-order valence-electron chi connectivity index (χ0n) is 13.9. The average molecular weight is 357 g/mol. The number of likely N-dealkylation sites (tertiary alicyclic amines) is 1. The highest BCUT2D eigenvalue weighted by Crippen LogP contribution is 2.39. The third-order valence-electron chi connectivity index (χ3n) is 5.09. The minimum Gasteiger partial charge on any atom is -0.394 e. The number of hydrogen-bond acceptors (Lipinski definition) is 7. The molecule has 0 aromatic rings. The number of piperazine rings is 1. The van der Waals surface area contributed by atoms with Gasteiger partial charge in [-0.15, -0.1) is 11.8 Å². The first-order valence-electron chi connectivity index (χ1n) is 8.61. The number of aliphatic hydroxyl groups is 1. The van der Waals surface area contributed by atoms with Crippen LogP contribution in [0.3, 0.4) is 0 Å². The largest absolute Gasteiger partial charge is 0.394 e. The van der Waals surface area contributed by atoms with Gasteiger partial charge in [0.25, 0.3) is 0 Å². The summed E-state index contributed by atoms with van der Waals surface area (Å²) in [6, 6.07) is -0.958. The Balaban J connectivity index is 1.52. The zero-order valence-corrected chi connectivity index (χ0v) is 14.7. The number of carbonyl (C=O) groups is 2. The quantitative estimate of drug-likeness (QED) is 0.452. The number of piperidine rings is 1. The van der Waals surface area contributed by atoms with Gasteiger partial charge < -0.3 is 26.0 Å². The first-order chi connectivity index (χ1) is 11.5. The van der Waals surface area contributed by atoms with Gasteiger partial charge in [-0.25, -0.2) is 0 Å². The van der Waals surface area contributed by atoms with Crippen LogP contribution in [-0.4, -0.2) is 95.3 Å². The molecule has 2 atom stereocenters. The summed E-state index contributed by atoms with van der Waals surface area (Å²) >= 11 is 1.80. The number of thioether (sulfide) groups is 1. The number of rotatable bonds is 3. The smallest absolute Gasteiger partial charge is 0.241 e. The van der Waals surface area contributed by atoms with Crippen LogP contribution in [0, 0.1) is 0 Å². The van der Waals surface area contributed by atoms with E-state index in [0.717, 1.165) is 44.8 Å². The van der Waals surface area contributed by atoms with Crippen LogP contribution in [0.1, 0.15) is 12.8 Å². The molecule has 5 N–H and O–H groups in total. The third-order valence-corrected chi connectivity index (χ3v) is 6.67. The number of hydrogen-bond donors (Lipinski definition) is 4. The Morgan fingerprint density at radius 1 is 1.21 bits per heavy atom. The molecule has 3 fully saturated rings. The minimum absolute atomic E-state index is 0.117. The number of nitrogens with two attached hydrogens (primary N) is 1. The van der Waals surface area contributed by atoms with E-state index in [2.05, 4.69) is 10.6 Å². The van der Waals surface area contributed by atoms with E-state index >= 15 is 0 Å². The summed E-state index contributed by atoms with van der Waals surface area (Å²) in [4.78, 5) is 28.2. The van der Waals surface area contributed by atoms with Gasteiger partial charge in [-0.2, -0.15) is 0 Å². The van der Waals surface area contributed by atoms with E-state index in [-0.39, 0.29) is 29.3 Å². The Morgan fingerprint density at radius 3 is 2.50 bits per heavy atom. The van der Waals surface area contributed by atoms with Crippen LogP contribution in [0.25, 0.3) is 0 Å². The lowest BCUT2D eigenvalue weighted by atomic mass is 10.0. The van der Waals surface area contributed by atoms with Gasteiger partial charge in [0.05, 0.1) is 17.5 Å². The lowest BCUT2D eigenvalue weighted by molar-refractivity contribution is -0.136. The summed E-state index contributed by atoms with van der Waals surface area (Å²) in [6.45, 7) is 4.17. The van der Waals surface area contributed by atoms with Crippen molar-refractivity contribution in [3.05, 3.63) is 0 Å². The molecule has 0 aromatic carbocycles. The topological polar surface area (TPSA) is 111 Å². The molecule has 9 heteroatoms. The van der Waals surface area contributed by atoms with Crippen molar-refractivity contribution in [2.24, 2.45) is 5.73 Å². The molecule has 0 unspecified atom stereocenters. The predicted molar refractivity (Wildman–Crippen MR) is 92.4 cm³/mol. The van der Waals surface area contributed by atoms with Gasteiger partial charge in [-0.3, -0.25) is 14.9 Å². The van der Waals surface area contributed by atoms with Crippen molar-refractivity contribution in [3.63, 3.8) is 0 Å². The van der Waals surface area contributed by atoms with Gasteiger partial charge >= 0.3 is 0 Å². The van der Waals surface area contributed by atoms with Crippen molar-refractivity contribution in [2.45, 2.75) is 29.8 Å². The summed E-state index contributed by atoms with van der Waals surface area (Å²) in [5.74, 6) is 0.790. The molecule has 3 saturated heterocycles. The van der Waals surface area contributed by atoms with Crippen LogP contribution in [0.2, 0.25) is 0 Å². The Labute approximate surface area is 146 Å². The van der Waals surface area contributed by atoms with Crippen LogP contribution in [0.4, 0.5) is 0 Å². The van der Waals surface area contributed by atoms with Crippen molar-refractivity contribution in [1.29, 1.82) is 0 Å². The summed E-state index contributed by atoms with van der Waals surface area (Å²) < 4.78 is 0. The van der Waals surface area contributed by atoms with Crippen molar-refractivity contribution < 1.29 is 14.7 Å². The van der Waals surface area contributed by atoms with E-state index in [1.54, 1.807) is 16.7 Å². The van der Waals surface area contributed by atoms with Crippen LogP contribution in [0.15, 0.2) is 0 Å². The molecule has 24 heavy (non-hydrogen) atoms. The highest BCUT2D eigenvalue weighted by atomic mass is 32.2. The Morgan fingerprint density at radius 2 is 1.88 bits per heavy atom. The zero-order chi connectivity index (χ0) is 17.2. The molecule has 0 saturated carbocycles. The summed E-state index contributed by atoms with van der Waals surface area (Å²) in [7, 11) is 0. The normalized spacial score (nSPS) is 28.2. The molecule has 8 nitrogen and oxygen atoms in total. The molecule has 3 aliphatic rings. The average Bonchev–Trinajstić information content (AvgIpc) is 3.05. The fourth-order valence-corrected chi connectivity index (χ4v) is 4.98. The molecule has 3 rings (SSSR count). The number of carbonyl (C=O) groups excluding carboxylic acids is 2. The first-order valence-corrected chi connectivity index (χ1v) is 9.60. The van der Waals surface area contributed by atoms with Crippen molar-refractivity contribution in [1.82, 2.24) is 20.4 Å². The van der Waals surface area contributed by atoms with Gasteiger partial charge in [0.15, 0.2) is 0 Å². The van der Waals surface area contributed by atoms with Crippen LogP contribution in [-0.2, 0) is 9.59 Å². The maximum Gasteiger partial charge on any atom is 0.241 e. The summed E-state index contributed by atoms with van der Waals surface area (Å²) in [6.07, 6.45) is 1.60. The van der Waals surface area contributed by atoms with E-state index in [1.807, 2.05) is 4.90 Å². The molecule has 0 bridgehead atoms. The maximum atomic E-state index is 12.6. The van der Waals surface area contributed by atoms with Gasteiger partial charge in [0.2, 0.25) is 11.8 Å².